The molecule has 1 amide bonds. The highest BCUT2D eigenvalue weighted by Gasteiger charge is 2.37. The third-order valence-corrected chi connectivity index (χ3v) is 4.81. The van der Waals surface area contributed by atoms with Gasteiger partial charge in [0.2, 0.25) is 5.91 Å². The first-order valence-corrected chi connectivity index (χ1v) is 7.29. The van der Waals surface area contributed by atoms with Gasteiger partial charge in [-0.1, -0.05) is 19.8 Å². The van der Waals surface area contributed by atoms with Crippen molar-refractivity contribution in [3.05, 3.63) is 0 Å². The van der Waals surface area contributed by atoms with Crippen LogP contribution in [0.3, 0.4) is 0 Å². The fourth-order valence-corrected chi connectivity index (χ4v) is 3.39. The van der Waals surface area contributed by atoms with Crippen LogP contribution in [0.15, 0.2) is 0 Å². The van der Waals surface area contributed by atoms with Crippen molar-refractivity contribution in [3.8, 4) is 0 Å². The lowest BCUT2D eigenvalue weighted by atomic mass is 9.98. The zero-order chi connectivity index (χ0) is 11.8. The maximum absolute atomic E-state index is 12.2. The Balaban J connectivity index is 1.52. The molecule has 0 spiro atoms. The van der Waals surface area contributed by atoms with Crippen molar-refractivity contribution in [2.75, 3.05) is 13.1 Å². The van der Waals surface area contributed by atoms with Crippen LogP contribution in [0, 0.1) is 11.8 Å². The summed E-state index contributed by atoms with van der Waals surface area (Å²) in [6, 6.07) is 0.786. The summed E-state index contributed by atoms with van der Waals surface area (Å²) in [7, 11) is 0. The lowest BCUT2D eigenvalue weighted by Crippen LogP contribution is -2.41. The van der Waals surface area contributed by atoms with Gasteiger partial charge in [0.15, 0.2) is 0 Å². The quantitative estimate of drug-likeness (QED) is 0.807. The van der Waals surface area contributed by atoms with Gasteiger partial charge in [-0.2, -0.15) is 0 Å². The van der Waals surface area contributed by atoms with Gasteiger partial charge in [-0.05, 0) is 37.5 Å². The van der Waals surface area contributed by atoms with Crippen LogP contribution in [0.2, 0.25) is 0 Å². The summed E-state index contributed by atoms with van der Waals surface area (Å²) < 4.78 is 0. The largest absolute Gasteiger partial charge is 0.341 e. The molecular formula is C14H24N2O. The molecule has 3 nitrogen and oxygen atoms in total. The third-order valence-electron chi connectivity index (χ3n) is 4.81. The first kappa shape index (κ1) is 11.5. The molecule has 1 heterocycles. The number of rotatable bonds is 4. The number of nitrogens with zero attached hydrogens (tertiary/aromatic N) is 1. The number of carbonyl (C=O) groups is 1. The second kappa shape index (κ2) is 4.60. The summed E-state index contributed by atoms with van der Waals surface area (Å²) in [5, 5.41) is 3.48. The van der Waals surface area contributed by atoms with E-state index in [1.165, 1.54) is 32.1 Å². The van der Waals surface area contributed by atoms with Gasteiger partial charge in [-0.3, -0.25) is 4.79 Å². The molecule has 0 aromatic heterocycles. The monoisotopic (exact) mass is 236 g/mol. The second-order valence-electron chi connectivity index (χ2n) is 6.23. The normalized spacial score (nSPS) is 38.1. The number of amides is 1. The van der Waals surface area contributed by atoms with Crippen LogP contribution >= 0.6 is 0 Å². The Morgan fingerprint density at radius 2 is 2.06 bits per heavy atom. The Hall–Kier alpha value is -0.570. The van der Waals surface area contributed by atoms with E-state index in [2.05, 4.69) is 17.1 Å². The van der Waals surface area contributed by atoms with E-state index in [9.17, 15) is 4.79 Å². The molecule has 2 saturated carbocycles. The van der Waals surface area contributed by atoms with Crippen LogP contribution in [-0.2, 0) is 4.79 Å². The minimum atomic E-state index is 0.138. The van der Waals surface area contributed by atoms with Crippen molar-refractivity contribution >= 4 is 5.91 Å². The average Bonchev–Trinajstić information content (AvgIpc) is 2.96. The van der Waals surface area contributed by atoms with E-state index in [4.69, 9.17) is 0 Å². The molecule has 1 saturated heterocycles. The molecule has 3 rings (SSSR count). The number of hydrogen-bond donors (Lipinski definition) is 1. The Morgan fingerprint density at radius 3 is 2.71 bits per heavy atom. The number of carbonyl (C=O) groups excluding carboxylic acids is 1. The predicted octanol–water partition coefficient (Wildman–Crippen LogP) is 1.78. The fraction of sp³-hybridized carbons (Fsp3) is 0.929. The average molecular weight is 236 g/mol. The first-order chi connectivity index (χ1) is 8.24. The SMILES string of the molecule is CC1CCCC1CN1CCC(NC2CC2)C1=O. The lowest BCUT2D eigenvalue weighted by Gasteiger charge is -2.23. The zero-order valence-corrected chi connectivity index (χ0v) is 10.8. The summed E-state index contributed by atoms with van der Waals surface area (Å²) in [6.45, 7) is 4.34. The Kier molecular flexibility index (Phi) is 3.12. The predicted molar refractivity (Wildman–Crippen MR) is 67.6 cm³/mol. The van der Waals surface area contributed by atoms with Crippen LogP contribution in [0.5, 0.6) is 0 Å². The maximum atomic E-state index is 12.2. The third kappa shape index (κ3) is 2.49. The molecule has 17 heavy (non-hydrogen) atoms. The topological polar surface area (TPSA) is 32.3 Å². The van der Waals surface area contributed by atoms with E-state index in [-0.39, 0.29) is 6.04 Å². The van der Waals surface area contributed by atoms with E-state index in [1.807, 2.05) is 0 Å². The van der Waals surface area contributed by atoms with Gasteiger partial charge in [-0.15, -0.1) is 0 Å². The van der Waals surface area contributed by atoms with E-state index in [1.54, 1.807) is 0 Å². The fourth-order valence-electron chi connectivity index (χ4n) is 3.39. The van der Waals surface area contributed by atoms with Crippen molar-refractivity contribution in [1.82, 2.24) is 10.2 Å². The van der Waals surface area contributed by atoms with Gasteiger partial charge in [0.1, 0.15) is 0 Å². The van der Waals surface area contributed by atoms with E-state index in [0.717, 1.165) is 31.3 Å². The van der Waals surface area contributed by atoms with E-state index >= 15 is 0 Å². The molecule has 3 unspecified atom stereocenters. The summed E-state index contributed by atoms with van der Waals surface area (Å²) in [5.74, 6) is 1.95. The van der Waals surface area contributed by atoms with Crippen molar-refractivity contribution in [2.45, 2.75) is 57.5 Å². The molecule has 0 radical (unpaired) electrons. The highest BCUT2D eigenvalue weighted by atomic mass is 16.2. The van der Waals surface area contributed by atoms with Crippen molar-refractivity contribution in [1.29, 1.82) is 0 Å². The highest BCUT2D eigenvalue weighted by Crippen LogP contribution is 2.32. The molecule has 2 aliphatic carbocycles. The smallest absolute Gasteiger partial charge is 0.239 e. The van der Waals surface area contributed by atoms with Crippen molar-refractivity contribution in [2.24, 2.45) is 11.8 Å². The first-order valence-electron chi connectivity index (χ1n) is 7.29. The van der Waals surface area contributed by atoms with Crippen LogP contribution < -0.4 is 5.32 Å². The van der Waals surface area contributed by atoms with Gasteiger partial charge in [0.25, 0.3) is 0 Å². The molecule has 0 aromatic carbocycles. The van der Waals surface area contributed by atoms with Crippen LogP contribution in [0.1, 0.15) is 45.4 Å². The molecule has 1 aliphatic heterocycles. The minimum Gasteiger partial charge on any atom is -0.341 e. The number of nitrogens with one attached hydrogen (secondary N) is 1. The molecule has 3 heteroatoms. The molecular weight excluding hydrogens is 212 g/mol. The van der Waals surface area contributed by atoms with Gasteiger partial charge in [0.05, 0.1) is 6.04 Å². The van der Waals surface area contributed by atoms with Gasteiger partial charge in [0, 0.05) is 19.1 Å². The molecule has 0 aromatic rings. The van der Waals surface area contributed by atoms with Crippen molar-refractivity contribution < 1.29 is 4.79 Å². The van der Waals surface area contributed by atoms with Crippen LogP contribution in [0.25, 0.3) is 0 Å². The molecule has 3 aliphatic rings. The van der Waals surface area contributed by atoms with E-state index < -0.39 is 0 Å². The Morgan fingerprint density at radius 1 is 1.24 bits per heavy atom. The summed E-state index contributed by atoms with van der Waals surface area (Å²) in [5.41, 5.74) is 0. The zero-order valence-electron chi connectivity index (χ0n) is 10.8. The standard InChI is InChI=1S/C14H24N2O/c1-10-3-2-4-11(10)9-16-8-7-13(14(16)17)15-12-5-6-12/h10-13,15H,2-9H2,1H3. The summed E-state index contributed by atoms with van der Waals surface area (Å²) >= 11 is 0. The molecule has 3 atom stereocenters. The van der Waals surface area contributed by atoms with Gasteiger partial charge >= 0.3 is 0 Å². The van der Waals surface area contributed by atoms with Gasteiger partial charge in [-0.25, -0.2) is 0 Å². The van der Waals surface area contributed by atoms with Crippen LogP contribution in [0.4, 0.5) is 0 Å². The maximum Gasteiger partial charge on any atom is 0.239 e. The second-order valence-corrected chi connectivity index (χ2v) is 6.23. The van der Waals surface area contributed by atoms with Crippen LogP contribution in [-0.4, -0.2) is 36.0 Å². The lowest BCUT2D eigenvalue weighted by molar-refractivity contribution is -0.130. The molecule has 0 bridgehead atoms. The van der Waals surface area contributed by atoms with Crippen molar-refractivity contribution in [3.63, 3.8) is 0 Å². The molecule has 3 fully saturated rings. The Bertz CT molecular complexity index is 301. The minimum absolute atomic E-state index is 0.138. The van der Waals surface area contributed by atoms with Gasteiger partial charge < -0.3 is 10.2 Å². The Labute approximate surface area is 104 Å². The van der Waals surface area contributed by atoms with E-state index in [0.29, 0.717) is 11.9 Å². The summed E-state index contributed by atoms with van der Waals surface area (Å²) in [6.07, 6.45) is 7.60. The number of hydrogen-bond acceptors (Lipinski definition) is 2. The molecule has 96 valence electrons. The molecule has 1 N–H and O–H groups in total. The summed E-state index contributed by atoms with van der Waals surface area (Å²) in [4.78, 5) is 14.3. The number of likely N-dealkylation sites (tertiary alicyclic amines) is 1. The highest BCUT2D eigenvalue weighted by molar-refractivity contribution is 5.84.